The van der Waals surface area contributed by atoms with E-state index in [1.54, 1.807) is 29.8 Å². The van der Waals surface area contributed by atoms with Gasteiger partial charge in [-0.2, -0.15) is 0 Å². The highest BCUT2D eigenvalue weighted by Gasteiger charge is 2.49. The van der Waals surface area contributed by atoms with Gasteiger partial charge in [-0.3, -0.25) is 4.79 Å². The zero-order chi connectivity index (χ0) is 21.3. The van der Waals surface area contributed by atoms with Crippen LogP contribution in [0.5, 0.6) is 5.75 Å². The Morgan fingerprint density at radius 1 is 0.933 bits per heavy atom. The van der Waals surface area contributed by atoms with E-state index in [2.05, 4.69) is 5.32 Å². The molecule has 1 aromatic carbocycles. The lowest BCUT2D eigenvalue weighted by molar-refractivity contribution is -0.135. The van der Waals surface area contributed by atoms with Crippen LogP contribution in [0.2, 0.25) is 0 Å². The van der Waals surface area contributed by atoms with E-state index >= 15 is 0 Å². The summed E-state index contributed by atoms with van der Waals surface area (Å²) in [4.78, 5) is 30.8. The second kappa shape index (κ2) is 8.62. The van der Waals surface area contributed by atoms with Gasteiger partial charge in [-0.05, 0) is 35.0 Å². The van der Waals surface area contributed by atoms with E-state index in [0.29, 0.717) is 11.4 Å². The molecule has 3 heterocycles. The van der Waals surface area contributed by atoms with Crippen molar-refractivity contribution in [2.45, 2.75) is 25.9 Å². The number of thiophene rings is 2. The summed E-state index contributed by atoms with van der Waals surface area (Å²) in [5.74, 6) is 0.199. The van der Waals surface area contributed by atoms with E-state index in [1.807, 2.05) is 78.0 Å². The highest BCUT2D eigenvalue weighted by atomic mass is 32.1. The number of para-hydroxylation sites is 2. The Morgan fingerprint density at radius 2 is 1.50 bits per heavy atom. The van der Waals surface area contributed by atoms with Gasteiger partial charge in [0, 0.05) is 21.6 Å². The number of piperidine rings is 1. The molecule has 4 atom stereocenters. The van der Waals surface area contributed by atoms with Crippen molar-refractivity contribution in [1.29, 1.82) is 0 Å². The molecule has 0 bridgehead atoms. The lowest BCUT2D eigenvalue weighted by Gasteiger charge is -2.47. The zero-order valence-corrected chi connectivity index (χ0v) is 18.7. The Bertz CT molecular complexity index is 967. The molecule has 4 rings (SSSR count). The number of anilines is 1. The summed E-state index contributed by atoms with van der Waals surface area (Å²) in [7, 11) is 1.58. The van der Waals surface area contributed by atoms with E-state index in [9.17, 15) is 9.59 Å². The number of methoxy groups -OCH3 is 1. The van der Waals surface area contributed by atoms with Crippen LogP contribution in [-0.4, -0.2) is 23.8 Å². The van der Waals surface area contributed by atoms with Crippen LogP contribution < -0.4 is 10.1 Å². The maximum atomic E-state index is 13.7. The van der Waals surface area contributed by atoms with Gasteiger partial charge in [0.25, 0.3) is 0 Å². The van der Waals surface area contributed by atoms with Crippen molar-refractivity contribution in [1.82, 2.24) is 4.90 Å². The molecule has 0 aliphatic carbocycles. The number of nitrogens with one attached hydrogen (secondary N) is 1. The number of carbonyl (C=O) groups excluding carboxylic acids is 2. The number of hydrogen-bond donors (Lipinski definition) is 1. The lowest BCUT2D eigenvalue weighted by Crippen LogP contribution is -2.52. The second-order valence-corrected chi connectivity index (χ2v) is 9.40. The fourth-order valence-electron chi connectivity index (χ4n) is 4.25. The van der Waals surface area contributed by atoms with Crippen LogP contribution in [-0.2, 0) is 4.79 Å². The van der Waals surface area contributed by atoms with Crippen molar-refractivity contribution in [3.05, 3.63) is 69.0 Å². The largest absolute Gasteiger partial charge is 0.495 e. The van der Waals surface area contributed by atoms with Crippen LogP contribution in [0.3, 0.4) is 0 Å². The van der Waals surface area contributed by atoms with Gasteiger partial charge in [0.2, 0.25) is 0 Å². The summed E-state index contributed by atoms with van der Waals surface area (Å²) >= 11 is 3.15. The van der Waals surface area contributed by atoms with Crippen LogP contribution in [0.25, 0.3) is 0 Å². The van der Waals surface area contributed by atoms with Gasteiger partial charge in [-0.15, -0.1) is 22.7 Å². The average Bonchev–Trinajstić information content (AvgIpc) is 3.46. The van der Waals surface area contributed by atoms with E-state index < -0.39 is 0 Å². The summed E-state index contributed by atoms with van der Waals surface area (Å²) in [6.07, 6.45) is 0. The molecule has 1 N–H and O–H groups in total. The number of hydrogen-bond acceptors (Lipinski definition) is 5. The number of likely N-dealkylation sites (tertiary alicyclic amines) is 1. The normalized spacial score (nSPS) is 24.0. The van der Waals surface area contributed by atoms with Crippen LogP contribution in [0.15, 0.2) is 59.3 Å². The van der Waals surface area contributed by atoms with Crippen molar-refractivity contribution in [2.75, 3.05) is 12.4 Å². The van der Waals surface area contributed by atoms with Gasteiger partial charge in [0.05, 0.1) is 24.9 Å². The first-order valence-corrected chi connectivity index (χ1v) is 11.6. The van der Waals surface area contributed by atoms with Gasteiger partial charge < -0.3 is 15.0 Å². The highest BCUT2D eigenvalue weighted by molar-refractivity contribution is 7.10. The quantitative estimate of drug-likeness (QED) is 0.542. The number of ketones is 1. The van der Waals surface area contributed by atoms with Crippen LogP contribution in [0.1, 0.15) is 35.7 Å². The number of benzene rings is 1. The van der Waals surface area contributed by atoms with Crippen LogP contribution in [0, 0.1) is 11.8 Å². The number of ether oxygens (including phenoxy) is 1. The van der Waals surface area contributed by atoms with Crippen molar-refractivity contribution < 1.29 is 14.3 Å². The molecule has 1 aliphatic heterocycles. The van der Waals surface area contributed by atoms with Gasteiger partial charge in [0.15, 0.2) is 0 Å². The predicted octanol–water partition coefficient (Wildman–Crippen LogP) is 5.99. The van der Waals surface area contributed by atoms with Crippen molar-refractivity contribution in [3.8, 4) is 5.75 Å². The minimum atomic E-state index is -0.324. The van der Waals surface area contributed by atoms with E-state index in [1.165, 1.54) is 0 Å². The Hall–Kier alpha value is -2.64. The van der Waals surface area contributed by atoms with E-state index in [4.69, 9.17) is 4.74 Å². The number of carbonyl (C=O) groups is 2. The minimum absolute atomic E-state index is 0.188. The van der Waals surface area contributed by atoms with E-state index in [-0.39, 0.29) is 35.7 Å². The minimum Gasteiger partial charge on any atom is -0.495 e. The zero-order valence-electron chi connectivity index (χ0n) is 17.1. The summed E-state index contributed by atoms with van der Waals surface area (Å²) in [6, 6.07) is 14.4. The third-order valence-corrected chi connectivity index (χ3v) is 7.58. The molecule has 1 saturated heterocycles. The summed E-state index contributed by atoms with van der Waals surface area (Å²) < 4.78 is 5.41. The lowest BCUT2D eigenvalue weighted by atomic mass is 9.78. The smallest absolute Gasteiger partial charge is 0.323 e. The molecule has 0 radical (unpaired) electrons. The number of amides is 2. The maximum absolute atomic E-state index is 13.7. The molecule has 7 heteroatoms. The molecular formula is C23H24N2O3S2. The SMILES string of the molecule is COc1ccccc1NC(=O)N1C(c2cccs2)C(C)C(=O)C(C)C1c1cccs1. The Morgan fingerprint density at radius 3 is 2.00 bits per heavy atom. The Kier molecular flexibility index (Phi) is 5.92. The average molecular weight is 441 g/mol. The molecule has 5 nitrogen and oxygen atoms in total. The first-order chi connectivity index (χ1) is 14.5. The van der Waals surface area contributed by atoms with E-state index in [0.717, 1.165) is 9.75 Å². The van der Waals surface area contributed by atoms with Gasteiger partial charge in [-0.25, -0.2) is 4.79 Å². The molecular weight excluding hydrogens is 416 g/mol. The second-order valence-electron chi connectivity index (χ2n) is 7.44. The fraction of sp³-hybridized carbons (Fsp3) is 0.304. The standard InChI is InChI=1S/C23H24N2O3S2/c1-14-20(18-10-6-12-29-18)25(21(15(2)22(14)26)19-11-7-13-30-19)23(27)24-16-8-4-5-9-17(16)28-3/h4-15,20-21H,1-3H3,(H,24,27). The van der Waals surface area contributed by atoms with Crippen molar-refractivity contribution in [3.63, 3.8) is 0 Å². The number of nitrogens with zero attached hydrogens (tertiary/aromatic N) is 1. The molecule has 0 saturated carbocycles. The third-order valence-electron chi connectivity index (χ3n) is 5.70. The van der Waals surface area contributed by atoms with Crippen LogP contribution >= 0.6 is 22.7 Å². The highest BCUT2D eigenvalue weighted by Crippen LogP contribution is 2.48. The Labute approximate surface area is 184 Å². The monoisotopic (exact) mass is 440 g/mol. The summed E-state index contributed by atoms with van der Waals surface area (Å²) in [5, 5.41) is 7.01. The number of Topliss-reactive ketones (excluding diaryl/α,β-unsaturated/α-hetero) is 1. The Balaban J connectivity index is 1.79. The first-order valence-electron chi connectivity index (χ1n) is 9.85. The molecule has 30 heavy (non-hydrogen) atoms. The van der Waals surface area contributed by atoms with Gasteiger partial charge >= 0.3 is 6.03 Å². The molecule has 4 unspecified atom stereocenters. The fourth-order valence-corrected chi connectivity index (χ4v) is 6.10. The van der Waals surface area contributed by atoms with Crippen molar-refractivity contribution in [2.24, 2.45) is 11.8 Å². The topological polar surface area (TPSA) is 58.6 Å². The first kappa shape index (κ1) is 20.6. The molecule has 0 spiro atoms. The van der Waals surface area contributed by atoms with Crippen molar-refractivity contribution >= 4 is 40.2 Å². The molecule has 1 aliphatic rings. The van der Waals surface area contributed by atoms with Gasteiger partial charge in [-0.1, -0.05) is 38.1 Å². The maximum Gasteiger partial charge on any atom is 0.323 e. The third kappa shape index (κ3) is 3.63. The number of urea groups is 1. The molecule has 156 valence electrons. The van der Waals surface area contributed by atoms with Crippen LogP contribution in [0.4, 0.5) is 10.5 Å². The molecule has 2 aromatic heterocycles. The summed E-state index contributed by atoms with van der Waals surface area (Å²) in [5.41, 5.74) is 0.608. The molecule has 3 aromatic rings. The van der Waals surface area contributed by atoms with Gasteiger partial charge in [0.1, 0.15) is 11.5 Å². The predicted molar refractivity (Wildman–Crippen MR) is 121 cm³/mol. The molecule has 1 fully saturated rings. The summed E-state index contributed by atoms with van der Waals surface area (Å²) in [6.45, 7) is 3.86. The molecule has 2 amide bonds. The number of rotatable bonds is 4.